The molecule has 2 rings (SSSR count). The molecule has 2 N–H and O–H groups in total. The predicted molar refractivity (Wildman–Crippen MR) is 95.5 cm³/mol. The summed E-state index contributed by atoms with van der Waals surface area (Å²) in [4.78, 5) is 23.9. The van der Waals surface area contributed by atoms with Crippen LogP contribution in [0.3, 0.4) is 0 Å². The van der Waals surface area contributed by atoms with E-state index in [1.807, 2.05) is 20.8 Å². The molecule has 6 nitrogen and oxygen atoms in total. The molecule has 8 heteroatoms. The number of rotatable bonds is 5. The normalized spacial score (nSPS) is 11.2. The summed E-state index contributed by atoms with van der Waals surface area (Å²) in [5, 5.41) is 15.1. The SMILES string of the molecule is CC(C)(C)C(=O)Nc1nnc(CCNC(=O)c2ccccc2Cl)s1. The van der Waals surface area contributed by atoms with Crippen molar-refractivity contribution in [2.45, 2.75) is 27.2 Å². The number of amides is 2. The molecule has 24 heavy (non-hydrogen) atoms. The summed E-state index contributed by atoms with van der Waals surface area (Å²) in [6.07, 6.45) is 0.527. The van der Waals surface area contributed by atoms with Gasteiger partial charge in [0.1, 0.15) is 5.01 Å². The molecule has 128 valence electrons. The molecule has 0 fully saturated rings. The molecule has 0 aliphatic heterocycles. The van der Waals surface area contributed by atoms with Crippen LogP contribution >= 0.6 is 22.9 Å². The molecule has 0 atom stereocenters. The topological polar surface area (TPSA) is 84.0 Å². The summed E-state index contributed by atoms with van der Waals surface area (Å²) in [7, 11) is 0. The van der Waals surface area contributed by atoms with Crippen LogP contribution in [0.5, 0.6) is 0 Å². The molecule has 0 aliphatic rings. The number of aromatic nitrogens is 2. The molecule has 0 unspecified atom stereocenters. The van der Waals surface area contributed by atoms with Crippen LogP contribution in [0.1, 0.15) is 36.1 Å². The monoisotopic (exact) mass is 366 g/mol. The molecule has 2 aromatic rings. The van der Waals surface area contributed by atoms with Gasteiger partial charge in [0.25, 0.3) is 5.91 Å². The van der Waals surface area contributed by atoms with E-state index in [0.717, 1.165) is 5.01 Å². The second-order valence-corrected chi connectivity index (χ2v) is 7.66. The lowest BCUT2D eigenvalue weighted by Crippen LogP contribution is -2.27. The van der Waals surface area contributed by atoms with E-state index in [9.17, 15) is 9.59 Å². The standard InChI is InChI=1S/C16H19ClN4O2S/c1-16(2,3)14(23)19-15-21-20-12(24-15)8-9-18-13(22)10-6-4-5-7-11(10)17/h4-7H,8-9H2,1-3H3,(H,18,22)(H,19,21,23). The number of hydrogen-bond donors (Lipinski definition) is 2. The van der Waals surface area contributed by atoms with Crippen molar-refractivity contribution < 1.29 is 9.59 Å². The highest BCUT2D eigenvalue weighted by molar-refractivity contribution is 7.15. The first-order valence-electron chi connectivity index (χ1n) is 7.44. The van der Waals surface area contributed by atoms with Crippen LogP contribution in [0.15, 0.2) is 24.3 Å². The number of carbonyl (C=O) groups excluding carboxylic acids is 2. The maximum Gasteiger partial charge on any atom is 0.252 e. The van der Waals surface area contributed by atoms with Crippen LogP contribution < -0.4 is 10.6 Å². The highest BCUT2D eigenvalue weighted by Gasteiger charge is 2.22. The van der Waals surface area contributed by atoms with Gasteiger partial charge in [-0.15, -0.1) is 10.2 Å². The van der Waals surface area contributed by atoms with Crippen molar-refractivity contribution in [1.29, 1.82) is 0 Å². The number of carbonyl (C=O) groups is 2. The number of nitrogens with one attached hydrogen (secondary N) is 2. The van der Waals surface area contributed by atoms with E-state index in [1.54, 1.807) is 24.3 Å². The van der Waals surface area contributed by atoms with E-state index in [-0.39, 0.29) is 11.8 Å². The third kappa shape index (κ3) is 5.01. The highest BCUT2D eigenvalue weighted by Crippen LogP contribution is 2.20. The smallest absolute Gasteiger partial charge is 0.252 e. The maximum atomic E-state index is 12.0. The van der Waals surface area contributed by atoms with E-state index in [0.29, 0.717) is 28.7 Å². The third-order valence-electron chi connectivity index (χ3n) is 3.11. The van der Waals surface area contributed by atoms with Gasteiger partial charge >= 0.3 is 0 Å². The Morgan fingerprint density at radius 3 is 2.58 bits per heavy atom. The van der Waals surface area contributed by atoms with Gasteiger partial charge in [0.2, 0.25) is 11.0 Å². The summed E-state index contributed by atoms with van der Waals surface area (Å²) in [6.45, 7) is 5.89. The van der Waals surface area contributed by atoms with Crippen molar-refractivity contribution >= 4 is 39.9 Å². The number of anilines is 1. The van der Waals surface area contributed by atoms with Gasteiger partial charge < -0.3 is 10.6 Å². The Morgan fingerprint density at radius 1 is 1.21 bits per heavy atom. The second kappa shape index (κ2) is 7.72. The van der Waals surface area contributed by atoms with E-state index < -0.39 is 5.41 Å². The average Bonchev–Trinajstić information content (AvgIpc) is 2.94. The molecule has 0 bridgehead atoms. The molecule has 2 amide bonds. The molecule has 0 spiro atoms. The zero-order valence-electron chi connectivity index (χ0n) is 13.7. The van der Waals surface area contributed by atoms with Crippen molar-refractivity contribution in [3.8, 4) is 0 Å². The lowest BCUT2D eigenvalue weighted by atomic mass is 9.96. The first-order chi connectivity index (χ1) is 11.3. The minimum absolute atomic E-state index is 0.114. The third-order valence-corrected chi connectivity index (χ3v) is 4.34. The maximum absolute atomic E-state index is 12.0. The molecular weight excluding hydrogens is 348 g/mol. The van der Waals surface area contributed by atoms with Gasteiger partial charge in [0, 0.05) is 18.4 Å². The van der Waals surface area contributed by atoms with Gasteiger partial charge in [-0.25, -0.2) is 0 Å². The quantitative estimate of drug-likeness (QED) is 0.851. The minimum Gasteiger partial charge on any atom is -0.352 e. The van der Waals surface area contributed by atoms with E-state index in [2.05, 4.69) is 20.8 Å². The summed E-state index contributed by atoms with van der Waals surface area (Å²) < 4.78 is 0. The zero-order valence-corrected chi connectivity index (χ0v) is 15.3. The molecular formula is C16H19ClN4O2S. The largest absolute Gasteiger partial charge is 0.352 e. The molecule has 1 heterocycles. The van der Waals surface area contributed by atoms with Crippen molar-refractivity contribution in [1.82, 2.24) is 15.5 Å². The molecule has 1 aromatic heterocycles. The van der Waals surface area contributed by atoms with Gasteiger partial charge in [0.15, 0.2) is 0 Å². The molecule has 0 radical (unpaired) electrons. The van der Waals surface area contributed by atoms with Gasteiger partial charge in [-0.1, -0.05) is 55.8 Å². The van der Waals surface area contributed by atoms with Crippen LogP contribution in [-0.4, -0.2) is 28.6 Å². The Hall–Kier alpha value is -1.99. The van der Waals surface area contributed by atoms with Crippen molar-refractivity contribution in [3.05, 3.63) is 39.9 Å². The zero-order chi connectivity index (χ0) is 17.7. The van der Waals surface area contributed by atoms with Gasteiger partial charge in [-0.2, -0.15) is 0 Å². The van der Waals surface area contributed by atoms with Crippen LogP contribution in [0, 0.1) is 5.41 Å². The van der Waals surface area contributed by atoms with Gasteiger partial charge in [-0.05, 0) is 12.1 Å². The number of hydrogen-bond acceptors (Lipinski definition) is 5. The Kier molecular flexibility index (Phi) is 5.90. The first kappa shape index (κ1) is 18.4. The number of halogens is 1. The summed E-state index contributed by atoms with van der Waals surface area (Å²) >= 11 is 7.28. The average molecular weight is 367 g/mol. The Bertz CT molecular complexity index is 740. The van der Waals surface area contributed by atoms with Crippen LogP contribution in [0.4, 0.5) is 5.13 Å². The summed E-state index contributed by atoms with van der Waals surface area (Å²) in [5.41, 5.74) is -0.0519. The first-order valence-corrected chi connectivity index (χ1v) is 8.63. The Balaban J connectivity index is 1.84. The summed E-state index contributed by atoms with van der Waals surface area (Å²) in [5.74, 6) is -0.344. The lowest BCUT2D eigenvalue weighted by molar-refractivity contribution is -0.123. The second-order valence-electron chi connectivity index (χ2n) is 6.19. The fourth-order valence-corrected chi connectivity index (χ4v) is 2.67. The van der Waals surface area contributed by atoms with E-state index in [1.165, 1.54) is 11.3 Å². The fourth-order valence-electron chi connectivity index (χ4n) is 1.71. The van der Waals surface area contributed by atoms with Gasteiger partial charge in [0.05, 0.1) is 10.6 Å². The fraction of sp³-hybridized carbons (Fsp3) is 0.375. The van der Waals surface area contributed by atoms with Crippen molar-refractivity contribution in [2.24, 2.45) is 5.41 Å². The molecule has 1 aromatic carbocycles. The van der Waals surface area contributed by atoms with E-state index in [4.69, 9.17) is 11.6 Å². The van der Waals surface area contributed by atoms with Crippen LogP contribution in [0.25, 0.3) is 0 Å². The number of benzene rings is 1. The minimum atomic E-state index is -0.491. The molecule has 0 saturated heterocycles. The highest BCUT2D eigenvalue weighted by atomic mass is 35.5. The Labute approximate surface area is 149 Å². The van der Waals surface area contributed by atoms with E-state index >= 15 is 0 Å². The number of nitrogens with zero attached hydrogens (tertiary/aromatic N) is 2. The molecule has 0 aliphatic carbocycles. The van der Waals surface area contributed by atoms with Crippen molar-refractivity contribution in [2.75, 3.05) is 11.9 Å². The molecule has 0 saturated carbocycles. The van der Waals surface area contributed by atoms with Crippen molar-refractivity contribution in [3.63, 3.8) is 0 Å². The Morgan fingerprint density at radius 2 is 1.92 bits per heavy atom. The van der Waals surface area contributed by atoms with Crippen LogP contribution in [0.2, 0.25) is 5.02 Å². The summed E-state index contributed by atoms with van der Waals surface area (Å²) in [6, 6.07) is 6.87. The van der Waals surface area contributed by atoms with Crippen LogP contribution in [-0.2, 0) is 11.2 Å². The predicted octanol–water partition coefficient (Wildman–Crippen LogP) is 3.15. The lowest BCUT2D eigenvalue weighted by Gasteiger charge is -2.15. The van der Waals surface area contributed by atoms with Gasteiger partial charge in [-0.3, -0.25) is 9.59 Å².